The molecule has 0 fully saturated rings. The number of aromatic nitrogens is 1. The van der Waals surface area contributed by atoms with Gasteiger partial charge in [0.05, 0.1) is 0 Å². The summed E-state index contributed by atoms with van der Waals surface area (Å²) in [6.45, 7) is 4.11. The molecular formula is C15H13N. The Morgan fingerprint density at radius 2 is 1.75 bits per heavy atom. The van der Waals surface area contributed by atoms with E-state index in [-0.39, 0.29) is 0 Å². The average Bonchev–Trinajstić information content (AvgIpc) is 2.27. The van der Waals surface area contributed by atoms with Crippen LogP contribution in [0.2, 0.25) is 0 Å². The monoisotopic (exact) mass is 207 g/mol. The second-order valence-corrected chi connectivity index (χ2v) is 3.84. The first-order chi connectivity index (χ1) is 7.74. The van der Waals surface area contributed by atoms with Gasteiger partial charge in [0.15, 0.2) is 0 Å². The Hall–Kier alpha value is -2.07. The molecule has 0 aliphatic carbocycles. The molecule has 0 radical (unpaired) electrons. The highest BCUT2D eigenvalue weighted by molar-refractivity contribution is 5.41. The molecule has 0 spiro atoms. The molecular weight excluding hydrogens is 194 g/mol. The first kappa shape index (κ1) is 10.4. The first-order valence-corrected chi connectivity index (χ1v) is 5.25. The largest absolute Gasteiger partial charge is 0.248 e. The van der Waals surface area contributed by atoms with Crippen molar-refractivity contribution in [2.24, 2.45) is 0 Å². The lowest BCUT2D eigenvalue weighted by molar-refractivity contribution is 1.25. The van der Waals surface area contributed by atoms with Gasteiger partial charge in [-0.2, -0.15) is 0 Å². The summed E-state index contributed by atoms with van der Waals surface area (Å²) in [6.07, 6.45) is 1.79. The number of hydrogen-bond donors (Lipinski definition) is 0. The molecule has 0 unspecified atom stereocenters. The van der Waals surface area contributed by atoms with Gasteiger partial charge in [0.2, 0.25) is 0 Å². The summed E-state index contributed by atoms with van der Waals surface area (Å²) in [5.74, 6) is 6.18. The number of hydrogen-bond acceptors (Lipinski definition) is 1. The Labute approximate surface area is 96.2 Å². The van der Waals surface area contributed by atoms with Crippen LogP contribution >= 0.6 is 0 Å². The van der Waals surface area contributed by atoms with Gasteiger partial charge in [-0.25, -0.2) is 4.98 Å². The molecule has 16 heavy (non-hydrogen) atoms. The van der Waals surface area contributed by atoms with Gasteiger partial charge in [0.25, 0.3) is 0 Å². The molecule has 0 amide bonds. The van der Waals surface area contributed by atoms with Crippen molar-refractivity contribution in [2.45, 2.75) is 13.8 Å². The van der Waals surface area contributed by atoms with E-state index in [4.69, 9.17) is 0 Å². The summed E-state index contributed by atoms with van der Waals surface area (Å²) < 4.78 is 0. The summed E-state index contributed by atoms with van der Waals surface area (Å²) in [5, 5.41) is 0. The number of nitrogens with zero attached hydrogens (tertiary/aromatic N) is 1. The summed E-state index contributed by atoms with van der Waals surface area (Å²) >= 11 is 0. The molecule has 1 aromatic carbocycles. The molecule has 0 aliphatic heterocycles. The smallest absolute Gasteiger partial charge is 0.113 e. The molecule has 2 aromatic rings. The molecule has 78 valence electrons. The van der Waals surface area contributed by atoms with E-state index in [9.17, 15) is 0 Å². The lowest BCUT2D eigenvalue weighted by atomic mass is 10.1. The molecule has 0 aliphatic rings. The second kappa shape index (κ2) is 4.63. The number of rotatable bonds is 0. The van der Waals surface area contributed by atoms with E-state index in [1.807, 2.05) is 31.2 Å². The third-order valence-corrected chi connectivity index (χ3v) is 2.27. The SMILES string of the molecule is Cc1cccc(C#Cc2cc(C)ccn2)c1. The zero-order valence-electron chi connectivity index (χ0n) is 9.49. The zero-order chi connectivity index (χ0) is 11.4. The molecule has 2 rings (SSSR count). The maximum absolute atomic E-state index is 4.20. The summed E-state index contributed by atoms with van der Waals surface area (Å²) in [4.78, 5) is 4.20. The van der Waals surface area contributed by atoms with E-state index < -0.39 is 0 Å². The normalized spacial score (nSPS) is 9.38. The minimum absolute atomic E-state index is 0.821. The van der Waals surface area contributed by atoms with Crippen LogP contribution in [-0.2, 0) is 0 Å². The van der Waals surface area contributed by atoms with Crippen LogP contribution in [0.5, 0.6) is 0 Å². The molecule has 1 heterocycles. The average molecular weight is 207 g/mol. The van der Waals surface area contributed by atoms with Crippen molar-refractivity contribution in [1.82, 2.24) is 4.98 Å². The molecule has 0 bridgehead atoms. The van der Waals surface area contributed by atoms with Gasteiger partial charge in [0, 0.05) is 11.8 Å². The zero-order valence-corrected chi connectivity index (χ0v) is 9.49. The Morgan fingerprint density at radius 3 is 2.50 bits per heavy atom. The Morgan fingerprint density at radius 1 is 0.938 bits per heavy atom. The standard InChI is InChI=1S/C15H13N/c1-12-4-3-5-14(10-12)6-7-15-11-13(2)8-9-16-15/h3-5,8-11H,1-2H3. The van der Waals surface area contributed by atoms with E-state index in [1.165, 1.54) is 11.1 Å². The Balaban J connectivity index is 2.28. The minimum atomic E-state index is 0.821. The first-order valence-electron chi connectivity index (χ1n) is 5.25. The number of benzene rings is 1. The Bertz CT molecular complexity index is 509. The van der Waals surface area contributed by atoms with Crippen molar-refractivity contribution in [2.75, 3.05) is 0 Å². The van der Waals surface area contributed by atoms with Crippen molar-refractivity contribution in [1.29, 1.82) is 0 Å². The quantitative estimate of drug-likeness (QED) is 0.605. The van der Waals surface area contributed by atoms with Gasteiger partial charge in [-0.15, -0.1) is 0 Å². The highest BCUT2D eigenvalue weighted by Crippen LogP contribution is 2.03. The van der Waals surface area contributed by atoms with Crippen LogP contribution in [0.4, 0.5) is 0 Å². The maximum atomic E-state index is 4.20. The summed E-state index contributed by atoms with van der Waals surface area (Å²) in [5.41, 5.74) is 4.26. The van der Waals surface area contributed by atoms with Gasteiger partial charge in [0.1, 0.15) is 5.69 Å². The van der Waals surface area contributed by atoms with Crippen molar-refractivity contribution in [3.8, 4) is 11.8 Å². The van der Waals surface area contributed by atoms with E-state index in [2.05, 4.69) is 35.9 Å². The molecule has 0 saturated carbocycles. The second-order valence-electron chi connectivity index (χ2n) is 3.84. The summed E-state index contributed by atoms with van der Waals surface area (Å²) in [6, 6.07) is 12.1. The lowest BCUT2D eigenvalue weighted by Gasteiger charge is -1.93. The van der Waals surface area contributed by atoms with Crippen molar-refractivity contribution < 1.29 is 0 Å². The fourth-order valence-electron chi connectivity index (χ4n) is 1.46. The van der Waals surface area contributed by atoms with Gasteiger partial charge in [-0.1, -0.05) is 18.1 Å². The Kier molecular flexibility index (Phi) is 3.03. The molecule has 0 saturated heterocycles. The third-order valence-electron chi connectivity index (χ3n) is 2.27. The predicted molar refractivity (Wildman–Crippen MR) is 66.1 cm³/mol. The molecule has 0 atom stereocenters. The minimum Gasteiger partial charge on any atom is -0.248 e. The van der Waals surface area contributed by atoms with Crippen LogP contribution in [0, 0.1) is 25.7 Å². The highest BCUT2D eigenvalue weighted by atomic mass is 14.6. The van der Waals surface area contributed by atoms with Gasteiger partial charge >= 0.3 is 0 Å². The van der Waals surface area contributed by atoms with Gasteiger partial charge in [-0.05, 0) is 55.2 Å². The van der Waals surface area contributed by atoms with Crippen LogP contribution in [0.15, 0.2) is 42.6 Å². The van der Waals surface area contributed by atoms with E-state index in [1.54, 1.807) is 6.20 Å². The fraction of sp³-hybridized carbons (Fsp3) is 0.133. The molecule has 0 N–H and O–H groups in total. The van der Waals surface area contributed by atoms with Crippen LogP contribution in [0.3, 0.4) is 0 Å². The molecule has 1 heteroatoms. The lowest BCUT2D eigenvalue weighted by Crippen LogP contribution is -1.83. The molecule has 1 aromatic heterocycles. The van der Waals surface area contributed by atoms with Crippen molar-refractivity contribution in [3.05, 3.63) is 65.0 Å². The highest BCUT2D eigenvalue weighted by Gasteiger charge is 1.90. The van der Waals surface area contributed by atoms with Crippen LogP contribution < -0.4 is 0 Å². The van der Waals surface area contributed by atoms with Crippen LogP contribution in [0.25, 0.3) is 0 Å². The van der Waals surface area contributed by atoms with E-state index >= 15 is 0 Å². The van der Waals surface area contributed by atoms with Gasteiger partial charge in [-0.3, -0.25) is 0 Å². The predicted octanol–water partition coefficient (Wildman–Crippen LogP) is 3.10. The topological polar surface area (TPSA) is 12.9 Å². The van der Waals surface area contributed by atoms with Gasteiger partial charge < -0.3 is 0 Å². The van der Waals surface area contributed by atoms with E-state index in [0.717, 1.165) is 11.3 Å². The third kappa shape index (κ3) is 2.71. The van der Waals surface area contributed by atoms with Crippen molar-refractivity contribution >= 4 is 0 Å². The maximum Gasteiger partial charge on any atom is 0.113 e. The summed E-state index contributed by atoms with van der Waals surface area (Å²) in [7, 11) is 0. The molecule has 1 nitrogen and oxygen atoms in total. The van der Waals surface area contributed by atoms with Crippen LogP contribution in [-0.4, -0.2) is 4.98 Å². The van der Waals surface area contributed by atoms with E-state index in [0.29, 0.717) is 0 Å². The number of aryl methyl sites for hydroxylation is 2. The van der Waals surface area contributed by atoms with Crippen molar-refractivity contribution in [3.63, 3.8) is 0 Å². The number of pyridine rings is 1. The fourth-order valence-corrected chi connectivity index (χ4v) is 1.46. The van der Waals surface area contributed by atoms with Crippen LogP contribution in [0.1, 0.15) is 22.4 Å².